The van der Waals surface area contributed by atoms with Crippen LogP contribution in [0.25, 0.3) is 10.4 Å². The Bertz CT molecular complexity index is 503. The number of hydrogen-bond donors (Lipinski definition) is 1. The van der Waals surface area contributed by atoms with Crippen molar-refractivity contribution in [3.8, 4) is 0 Å². The Labute approximate surface area is 93.1 Å². The van der Waals surface area contributed by atoms with Crippen molar-refractivity contribution in [3.63, 3.8) is 0 Å². The zero-order chi connectivity index (χ0) is 12.2. The van der Waals surface area contributed by atoms with Crippen LogP contribution in [-0.4, -0.2) is 26.3 Å². The standard InChI is InChI=1S/C9H11N3O3S/c1-16(14,15)8-4-2-7(3-5-8)9(13)6-11-12-10/h2-5,9,13H,6H2,1H3/t9-/m1/s1. The Morgan fingerprint density at radius 1 is 1.44 bits per heavy atom. The zero-order valence-corrected chi connectivity index (χ0v) is 9.42. The summed E-state index contributed by atoms with van der Waals surface area (Å²) in [5.41, 5.74) is 8.59. The summed E-state index contributed by atoms with van der Waals surface area (Å²) in [4.78, 5) is 2.71. The Hall–Kier alpha value is -1.56. The predicted octanol–water partition coefficient (Wildman–Crippen LogP) is 1.43. The van der Waals surface area contributed by atoms with Gasteiger partial charge in [0.2, 0.25) is 0 Å². The molecule has 0 amide bonds. The molecule has 86 valence electrons. The maximum atomic E-state index is 11.2. The number of rotatable bonds is 4. The number of sulfone groups is 1. The maximum Gasteiger partial charge on any atom is 0.175 e. The molecule has 0 spiro atoms. The summed E-state index contributed by atoms with van der Waals surface area (Å²) in [5, 5.41) is 12.8. The second kappa shape index (κ2) is 4.98. The summed E-state index contributed by atoms with van der Waals surface area (Å²) in [5.74, 6) is 0. The monoisotopic (exact) mass is 241 g/mol. The first kappa shape index (κ1) is 12.5. The van der Waals surface area contributed by atoms with Crippen molar-refractivity contribution in [2.45, 2.75) is 11.0 Å². The van der Waals surface area contributed by atoms with Gasteiger partial charge in [-0.3, -0.25) is 0 Å². The maximum absolute atomic E-state index is 11.2. The van der Waals surface area contributed by atoms with Gasteiger partial charge in [-0.2, -0.15) is 0 Å². The fourth-order valence-electron chi connectivity index (χ4n) is 1.16. The number of nitrogens with zero attached hydrogens (tertiary/aromatic N) is 3. The van der Waals surface area contributed by atoms with Crippen molar-refractivity contribution >= 4 is 9.84 Å². The largest absolute Gasteiger partial charge is 0.388 e. The van der Waals surface area contributed by atoms with Crippen LogP contribution in [0.5, 0.6) is 0 Å². The van der Waals surface area contributed by atoms with E-state index in [-0.39, 0.29) is 11.4 Å². The first-order valence-electron chi connectivity index (χ1n) is 4.44. The molecule has 1 N–H and O–H groups in total. The van der Waals surface area contributed by atoms with Gasteiger partial charge in [-0.25, -0.2) is 8.42 Å². The molecule has 0 aliphatic rings. The zero-order valence-electron chi connectivity index (χ0n) is 8.61. The van der Waals surface area contributed by atoms with Crippen LogP contribution in [0.1, 0.15) is 11.7 Å². The highest BCUT2D eigenvalue weighted by Gasteiger charge is 2.09. The van der Waals surface area contributed by atoms with E-state index in [0.717, 1.165) is 6.26 Å². The lowest BCUT2D eigenvalue weighted by molar-refractivity contribution is 0.186. The van der Waals surface area contributed by atoms with Crippen molar-refractivity contribution in [2.75, 3.05) is 12.8 Å². The number of aliphatic hydroxyl groups is 1. The predicted molar refractivity (Wildman–Crippen MR) is 58.5 cm³/mol. The molecule has 0 saturated carbocycles. The van der Waals surface area contributed by atoms with E-state index in [1.807, 2.05) is 0 Å². The van der Waals surface area contributed by atoms with E-state index in [1.165, 1.54) is 24.3 Å². The minimum absolute atomic E-state index is 0.0747. The van der Waals surface area contributed by atoms with Crippen LogP contribution < -0.4 is 0 Å². The van der Waals surface area contributed by atoms with Crippen LogP contribution in [0, 0.1) is 0 Å². The highest BCUT2D eigenvalue weighted by molar-refractivity contribution is 7.90. The van der Waals surface area contributed by atoms with E-state index in [1.54, 1.807) is 0 Å². The molecule has 0 saturated heterocycles. The van der Waals surface area contributed by atoms with Crippen LogP contribution in [-0.2, 0) is 9.84 Å². The Balaban J connectivity index is 2.91. The number of hydrogen-bond acceptors (Lipinski definition) is 4. The summed E-state index contributed by atoms with van der Waals surface area (Å²) in [7, 11) is -3.23. The molecule has 1 aromatic carbocycles. The van der Waals surface area contributed by atoms with Gasteiger partial charge in [0.15, 0.2) is 9.84 Å². The number of benzene rings is 1. The van der Waals surface area contributed by atoms with Crippen molar-refractivity contribution < 1.29 is 13.5 Å². The van der Waals surface area contributed by atoms with E-state index in [9.17, 15) is 13.5 Å². The smallest absolute Gasteiger partial charge is 0.175 e. The second-order valence-electron chi connectivity index (χ2n) is 3.27. The molecule has 1 atom stereocenters. The summed E-state index contributed by atoms with van der Waals surface area (Å²) in [6.45, 7) is -0.0747. The normalized spacial score (nSPS) is 12.9. The molecular weight excluding hydrogens is 230 g/mol. The minimum Gasteiger partial charge on any atom is -0.388 e. The average molecular weight is 241 g/mol. The van der Waals surface area contributed by atoms with Crippen molar-refractivity contribution in [1.82, 2.24) is 0 Å². The molecule has 7 heteroatoms. The van der Waals surface area contributed by atoms with E-state index < -0.39 is 15.9 Å². The third-order valence-electron chi connectivity index (χ3n) is 2.01. The first-order chi connectivity index (χ1) is 7.45. The van der Waals surface area contributed by atoms with Gasteiger partial charge < -0.3 is 5.11 Å². The van der Waals surface area contributed by atoms with Gasteiger partial charge in [-0.05, 0) is 23.2 Å². The molecule has 0 fully saturated rings. The highest BCUT2D eigenvalue weighted by Crippen LogP contribution is 2.16. The van der Waals surface area contributed by atoms with Gasteiger partial charge in [-0.15, -0.1) is 0 Å². The lowest BCUT2D eigenvalue weighted by atomic mass is 10.1. The minimum atomic E-state index is -3.23. The molecule has 1 aromatic rings. The van der Waals surface area contributed by atoms with Crippen LogP contribution in [0.4, 0.5) is 0 Å². The molecule has 0 aliphatic heterocycles. The average Bonchev–Trinajstić information content (AvgIpc) is 2.25. The highest BCUT2D eigenvalue weighted by atomic mass is 32.2. The molecule has 6 nitrogen and oxygen atoms in total. The third-order valence-corrected chi connectivity index (χ3v) is 3.14. The van der Waals surface area contributed by atoms with E-state index >= 15 is 0 Å². The summed E-state index contributed by atoms with van der Waals surface area (Å²) >= 11 is 0. The van der Waals surface area contributed by atoms with E-state index in [2.05, 4.69) is 10.0 Å². The van der Waals surface area contributed by atoms with Gasteiger partial charge in [0, 0.05) is 11.2 Å². The summed E-state index contributed by atoms with van der Waals surface area (Å²) < 4.78 is 22.3. The van der Waals surface area contributed by atoms with Crippen LogP contribution in [0.15, 0.2) is 34.3 Å². The number of azide groups is 1. The molecular formula is C9H11N3O3S. The summed E-state index contributed by atoms with van der Waals surface area (Å²) in [6, 6.07) is 5.80. The fourth-order valence-corrected chi connectivity index (χ4v) is 1.79. The topological polar surface area (TPSA) is 103 Å². The van der Waals surface area contributed by atoms with Crippen LogP contribution >= 0.6 is 0 Å². The quantitative estimate of drug-likeness (QED) is 0.490. The van der Waals surface area contributed by atoms with Crippen molar-refractivity contribution in [3.05, 3.63) is 40.3 Å². The van der Waals surface area contributed by atoms with Gasteiger partial charge in [-0.1, -0.05) is 17.2 Å². The summed E-state index contributed by atoms with van der Waals surface area (Å²) in [6.07, 6.45) is 0.197. The lowest BCUT2D eigenvalue weighted by Crippen LogP contribution is -2.02. The molecule has 0 unspecified atom stereocenters. The molecule has 0 bridgehead atoms. The molecule has 16 heavy (non-hydrogen) atoms. The Morgan fingerprint density at radius 3 is 2.44 bits per heavy atom. The Morgan fingerprint density at radius 2 is 2.00 bits per heavy atom. The van der Waals surface area contributed by atoms with E-state index in [0.29, 0.717) is 5.56 Å². The van der Waals surface area contributed by atoms with Gasteiger partial charge >= 0.3 is 0 Å². The van der Waals surface area contributed by atoms with Gasteiger partial charge in [0.05, 0.1) is 17.5 Å². The molecule has 0 heterocycles. The molecule has 0 radical (unpaired) electrons. The SMILES string of the molecule is CS(=O)(=O)c1ccc([C@H](O)CN=[N+]=[N-])cc1. The Kier molecular flexibility index (Phi) is 3.89. The fraction of sp³-hybridized carbons (Fsp3) is 0.333. The lowest BCUT2D eigenvalue weighted by Gasteiger charge is -2.07. The third kappa shape index (κ3) is 3.23. The van der Waals surface area contributed by atoms with Crippen molar-refractivity contribution in [1.29, 1.82) is 0 Å². The molecule has 1 rings (SSSR count). The first-order valence-corrected chi connectivity index (χ1v) is 6.33. The molecule has 0 aliphatic carbocycles. The van der Waals surface area contributed by atoms with Gasteiger partial charge in [0.25, 0.3) is 0 Å². The molecule has 0 aromatic heterocycles. The van der Waals surface area contributed by atoms with E-state index in [4.69, 9.17) is 5.53 Å². The van der Waals surface area contributed by atoms with Crippen LogP contribution in [0.3, 0.4) is 0 Å². The van der Waals surface area contributed by atoms with Gasteiger partial charge in [0.1, 0.15) is 0 Å². The second-order valence-corrected chi connectivity index (χ2v) is 5.29. The van der Waals surface area contributed by atoms with Crippen LogP contribution in [0.2, 0.25) is 0 Å². The van der Waals surface area contributed by atoms with Crippen molar-refractivity contribution in [2.24, 2.45) is 5.11 Å². The number of aliphatic hydroxyl groups excluding tert-OH is 1.